The van der Waals surface area contributed by atoms with Gasteiger partial charge in [-0.05, 0) is 73.5 Å². The summed E-state index contributed by atoms with van der Waals surface area (Å²) in [7, 11) is 1.75. The van der Waals surface area contributed by atoms with Crippen molar-refractivity contribution in [1.82, 2.24) is 14.6 Å². The first-order valence-corrected chi connectivity index (χ1v) is 15.6. The zero-order chi connectivity index (χ0) is 27.6. The van der Waals surface area contributed by atoms with E-state index in [2.05, 4.69) is 48.7 Å². The van der Waals surface area contributed by atoms with Crippen LogP contribution in [0.1, 0.15) is 94.1 Å². The van der Waals surface area contributed by atoms with Crippen molar-refractivity contribution in [2.24, 2.45) is 23.7 Å². The van der Waals surface area contributed by atoms with Crippen molar-refractivity contribution in [3.63, 3.8) is 0 Å². The fourth-order valence-electron chi connectivity index (χ4n) is 7.28. The number of ether oxygens (including phenoxy) is 2. The lowest BCUT2D eigenvalue weighted by Gasteiger charge is -2.33. The first-order valence-electron chi connectivity index (χ1n) is 15.6. The first kappa shape index (κ1) is 27.6. The Balaban J connectivity index is 1.27. The number of carbonyl (C=O) groups is 1. The van der Waals surface area contributed by atoms with E-state index in [4.69, 9.17) is 19.6 Å². The monoisotopic (exact) mass is 543 g/mol. The molecule has 40 heavy (non-hydrogen) atoms. The van der Waals surface area contributed by atoms with Crippen LogP contribution in [0.15, 0.2) is 36.5 Å². The number of fused-ring (bicyclic) bond motifs is 1. The van der Waals surface area contributed by atoms with E-state index in [1.165, 1.54) is 48.1 Å². The minimum atomic E-state index is 0.153. The molecule has 3 aliphatic rings. The lowest BCUT2D eigenvalue weighted by atomic mass is 9.74. The van der Waals surface area contributed by atoms with Gasteiger partial charge in [0, 0.05) is 43.2 Å². The van der Waals surface area contributed by atoms with Gasteiger partial charge in [-0.25, -0.2) is 9.50 Å². The number of rotatable bonds is 9. The minimum Gasteiger partial charge on any atom is -0.384 e. The molecule has 0 spiro atoms. The van der Waals surface area contributed by atoms with E-state index in [-0.39, 0.29) is 11.8 Å². The number of hydrogen-bond acceptors (Lipinski definition) is 5. The average molecular weight is 544 g/mol. The number of nitrogens with zero attached hydrogens (tertiary/aromatic N) is 3. The van der Waals surface area contributed by atoms with E-state index >= 15 is 0 Å². The summed E-state index contributed by atoms with van der Waals surface area (Å²) in [5.74, 6) is 3.95. The standard InChI is InChI=1S/C34H45N3O3/c1-22-7-9-25(10-8-22)31-17-30(32-18-35-33(36-37(31)32)15-23(2)19-39-3)28-6-4-5-27(16-28)24-11-13-26(14-12-24)34(38)29-20-40-21-29/h4-6,16-18,22-26,29H,7-15,19-21H2,1-3H3/t22?,23-,24?,25?,26?/m1/s1. The van der Waals surface area contributed by atoms with Crippen LogP contribution in [-0.4, -0.2) is 47.3 Å². The Bertz CT molecular complexity index is 1310. The van der Waals surface area contributed by atoms with Crippen molar-refractivity contribution in [1.29, 1.82) is 0 Å². The summed E-state index contributed by atoms with van der Waals surface area (Å²) in [4.78, 5) is 17.6. The van der Waals surface area contributed by atoms with Gasteiger partial charge in [0.25, 0.3) is 0 Å². The Kier molecular flexibility index (Phi) is 8.36. The molecule has 2 saturated carbocycles. The number of Topliss-reactive ketones (excluding diaryl/α,β-unsaturated/α-hetero) is 1. The second-order valence-corrected chi connectivity index (χ2v) is 13.0. The zero-order valence-corrected chi connectivity index (χ0v) is 24.5. The summed E-state index contributed by atoms with van der Waals surface area (Å²) in [5.41, 5.74) is 6.32. The van der Waals surface area contributed by atoms with E-state index < -0.39 is 0 Å². The Morgan fingerprint density at radius 1 is 1.02 bits per heavy atom. The van der Waals surface area contributed by atoms with Crippen LogP contribution in [0.25, 0.3) is 16.6 Å². The van der Waals surface area contributed by atoms with Crippen LogP contribution in [0, 0.1) is 23.7 Å². The van der Waals surface area contributed by atoms with Gasteiger partial charge in [-0.2, -0.15) is 5.10 Å². The van der Waals surface area contributed by atoms with Crippen LogP contribution in [0.5, 0.6) is 0 Å². The molecule has 0 amide bonds. The number of methoxy groups -OCH3 is 1. The second kappa shape index (κ2) is 12.1. The smallest absolute Gasteiger partial charge is 0.149 e. The largest absolute Gasteiger partial charge is 0.384 e. The van der Waals surface area contributed by atoms with Gasteiger partial charge in [-0.1, -0.05) is 51.0 Å². The molecule has 2 aliphatic carbocycles. The number of aromatic nitrogens is 3. The van der Waals surface area contributed by atoms with Gasteiger partial charge in [0.15, 0.2) is 0 Å². The highest BCUT2D eigenvalue weighted by Gasteiger charge is 2.35. The van der Waals surface area contributed by atoms with Gasteiger partial charge in [0.2, 0.25) is 0 Å². The van der Waals surface area contributed by atoms with E-state index in [9.17, 15) is 4.79 Å². The fourth-order valence-corrected chi connectivity index (χ4v) is 7.28. The fraction of sp³-hybridized carbons (Fsp3) is 0.618. The Morgan fingerprint density at radius 2 is 1.77 bits per heavy atom. The highest BCUT2D eigenvalue weighted by molar-refractivity contribution is 5.84. The number of hydrogen-bond donors (Lipinski definition) is 0. The molecule has 0 N–H and O–H groups in total. The molecule has 0 radical (unpaired) electrons. The average Bonchev–Trinajstić information content (AvgIpc) is 3.32. The van der Waals surface area contributed by atoms with Gasteiger partial charge in [-0.15, -0.1) is 0 Å². The maximum Gasteiger partial charge on any atom is 0.149 e. The summed E-state index contributed by atoms with van der Waals surface area (Å²) in [6.45, 7) is 6.55. The molecule has 6 rings (SSSR count). The minimum absolute atomic E-state index is 0.153. The molecule has 6 heteroatoms. The molecule has 214 valence electrons. The van der Waals surface area contributed by atoms with Crippen LogP contribution in [-0.2, 0) is 20.7 Å². The second-order valence-electron chi connectivity index (χ2n) is 13.0. The van der Waals surface area contributed by atoms with Crippen LogP contribution < -0.4 is 0 Å². The van der Waals surface area contributed by atoms with Crippen LogP contribution in [0.3, 0.4) is 0 Å². The quantitative estimate of drug-likeness (QED) is 0.291. The molecule has 0 bridgehead atoms. The number of benzene rings is 1. The highest BCUT2D eigenvalue weighted by Crippen LogP contribution is 2.41. The maximum atomic E-state index is 12.8. The molecule has 3 aromatic rings. The zero-order valence-electron chi connectivity index (χ0n) is 24.5. The molecule has 1 saturated heterocycles. The summed E-state index contributed by atoms with van der Waals surface area (Å²) in [6.07, 6.45) is 12.0. The van der Waals surface area contributed by atoms with E-state index in [1.54, 1.807) is 7.11 Å². The van der Waals surface area contributed by atoms with E-state index in [1.807, 2.05) is 6.20 Å². The van der Waals surface area contributed by atoms with Crippen molar-refractivity contribution < 1.29 is 14.3 Å². The van der Waals surface area contributed by atoms with Crippen molar-refractivity contribution in [2.45, 2.75) is 83.5 Å². The maximum absolute atomic E-state index is 12.8. The Labute approximate surface area is 238 Å². The lowest BCUT2D eigenvalue weighted by molar-refractivity contribution is -0.141. The highest BCUT2D eigenvalue weighted by atomic mass is 16.5. The van der Waals surface area contributed by atoms with Gasteiger partial charge >= 0.3 is 0 Å². The summed E-state index contributed by atoms with van der Waals surface area (Å²) >= 11 is 0. The Hall–Kier alpha value is -2.57. The molecule has 1 atom stereocenters. The topological polar surface area (TPSA) is 65.7 Å². The predicted octanol–water partition coefficient (Wildman–Crippen LogP) is 7.00. The normalized spacial score (nSPS) is 26.5. The number of carbonyl (C=O) groups excluding carboxylic acids is 1. The molecular formula is C34H45N3O3. The Morgan fingerprint density at radius 3 is 2.48 bits per heavy atom. The lowest BCUT2D eigenvalue weighted by Crippen LogP contribution is -2.39. The molecule has 3 heterocycles. The summed E-state index contributed by atoms with van der Waals surface area (Å²) < 4.78 is 12.8. The summed E-state index contributed by atoms with van der Waals surface area (Å²) in [6, 6.07) is 11.5. The predicted molar refractivity (Wildman–Crippen MR) is 158 cm³/mol. The summed E-state index contributed by atoms with van der Waals surface area (Å²) in [5, 5.41) is 5.11. The molecule has 3 fully saturated rings. The van der Waals surface area contributed by atoms with Crippen LogP contribution in [0.4, 0.5) is 0 Å². The van der Waals surface area contributed by atoms with Gasteiger partial charge in [0.1, 0.15) is 11.6 Å². The molecule has 0 unspecified atom stereocenters. The van der Waals surface area contributed by atoms with Crippen LogP contribution in [0.2, 0.25) is 0 Å². The van der Waals surface area contributed by atoms with Crippen molar-refractivity contribution in [3.8, 4) is 11.1 Å². The third-order valence-electron chi connectivity index (χ3n) is 9.85. The molecular weight excluding hydrogens is 498 g/mol. The first-order chi connectivity index (χ1) is 19.5. The van der Waals surface area contributed by atoms with Gasteiger partial charge in [-0.3, -0.25) is 4.79 Å². The van der Waals surface area contributed by atoms with Gasteiger partial charge in [0.05, 0.1) is 30.8 Å². The third-order valence-corrected chi connectivity index (χ3v) is 9.85. The third kappa shape index (κ3) is 5.75. The van der Waals surface area contributed by atoms with E-state index in [0.29, 0.717) is 43.4 Å². The van der Waals surface area contributed by atoms with Gasteiger partial charge < -0.3 is 9.47 Å². The van der Waals surface area contributed by atoms with E-state index in [0.717, 1.165) is 49.4 Å². The molecule has 1 aliphatic heterocycles. The molecule has 2 aromatic heterocycles. The number of ketones is 1. The van der Waals surface area contributed by atoms with Crippen molar-refractivity contribution >= 4 is 11.3 Å². The SMILES string of the molecule is COC[C@H](C)Cc1ncc2c(-c3cccc(C4CCC(C(=O)C5COC5)CC4)c3)cc(C3CCC(C)CC3)n2n1. The van der Waals surface area contributed by atoms with Crippen molar-refractivity contribution in [3.05, 3.63) is 53.6 Å². The molecule has 6 nitrogen and oxygen atoms in total. The van der Waals surface area contributed by atoms with Crippen molar-refractivity contribution in [2.75, 3.05) is 26.9 Å². The van der Waals surface area contributed by atoms with Crippen LogP contribution >= 0.6 is 0 Å². The molecule has 1 aromatic carbocycles.